The molecule has 0 bridgehead atoms. The Bertz CT molecular complexity index is 1050. The molecule has 0 spiro atoms. The largest absolute Gasteiger partial charge is 0.494 e. The molecule has 5 heteroatoms. The number of nitrogens with zero attached hydrogens (tertiary/aromatic N) is 1. The highest BCUT2D eigenvalue weighted by Gasteiger charge is 2.18. The fourth-order valence-electron chi connectivity index (χ4n) is 4.50. The molecule has 0 N–H and O–H groups in total. The van der Waals surface area contributed by atoms with E-state index < -0.39 is 14.0 Å². The molecular formula is C29H42FNO2Si. The van der Waals surface area contributed by atoms with E-state index in [-0.39, 0.29) is 0 Å². The average molecular weight is 484 g/mol. The Morgan fingerprint density at radius 2 is 1.32 bits per heavy atom. The first-order chi connectivity index (χ1) is 16.4. The molecule has 0 radical (unpaired) electrons. The highest BCUT2D eigenvalue weighted by atomic mass is 28.3. The summed E-state index contributed by atoms with van der Waals surface area (Å²) in [6.45, 7) is 10.8. The van der Waals surface area contributed by atoms with Crippen molar-refractivity contribution in [2.75, 3.05) is 13.2 Å². The third kappa shape index (κ3) is 7.69. The van der Waals surface area contributed by atoms with Crippen LogP contribution in [0.25, 0.3) is 21.7 Å². The number of rotatable bonds is 15. The number of fused-ring (bicyclic) bond motifs is 3. The van der Waals surface area contributed by atoms with Crippen molar-refractivity contribution in [1.82, 2.24) is 4.98 Å². The zero-order valence-electron chi connectivity index (χ0n) is 21.6. The van der Waals surface area contributed by atoms with Crippen LogP contribution in [-0.2, 0) is 0 Å². The lowest BCUT2D eigenvalue weighted by atomic mass is 10.1. The van der Waals surface area contributed by atoms with Crippen LogP contribution in [0, 0.1) is 5.95 Å². The van der Waals surface area contributed by atoms with Crippen LogP contribution in [0.3, 0.4) is 0 Å². The maximum Gasteiger partial charge on any atom is 0.221 e. The van der Waals surface area contributed by atoms with Crippen molar-refractivity contribution in [2.24, 2.45) is 0 Å². The Hall–Kier alpha value is -2.14. The summed E-state index contributed by atoms with van der Waals surface area (Å²) in [5, 5.41) is 2.29. The molecule has 0 fully saturated rings. The number of unbranched alkanes of at least 4 members (excludes halogenated alkanes) is 5. The highest BCUT2D eigenvalue weighted by Crippen LogP contribution is 2.31. The molecule has 0 aliphatic heterocycles. The summed E-state index contributed by atoms with van der Waals surface area (Å²) < 4.78 is 26.7. The van der Waals surface area contributed by atoms with Crippen LogP contribution in [0.1, 0.15) is 65.2 Å². The second kappa shape index (κ2) is 13.1. The van der Waals surface area contributed by atoms with Gasteiger partial charge in [0.2, 0.25) is 5.95 Å². The van der Waals surface area contributed by atoms with Crippen molar-refractivity contribution < 1.29 is 13.9 Å². The van der Waals surface area contributed by atoms with Crippen molar-refractivity contribution >= 4 is 29.7 Å². The number of hydrogen-bond acceptors (Lipinski definition) is 3. The molecule has 0 aliphatic carbocycles. The van der Waals surface area contributed by atoms with Crippen LogP contribution >= 0.6 is 0 Å². The van der Waals surface area contributed by atoms with E-state index in [0.717, 1.165) is 35.8 Å². The number of ether oxygens (including phenoxy) is 2. The maximum absolute atomic E-state index is 14.9. The molecule has 186 valence electrons. The van der Waals surface area contributed by atoms with E-state index in [9.17, 15) is 4.39 Å². The van der Waals surface area contributed by atoms with Crippen molar-refractivity contribution in [2.45, 2.75) is 90.4 Å². The van der Waals surface area contributed by atoms with Crippen LogP contribution in [0.2, 0.25) is 25.2 Å². The highest BCUT2D eigenvalue weighted by molar-refractivity contribution is 6.77. The molecule has 0 aliphatic rings. The van der Waals surface area contributed by atoms with Crippen LogP contribution in [0.5, 0.6) is 11.5 Å². The molecule has 2 aromatic carbocycles. The molecule has 0 saturated heterocycles. The van der Waals surface area contributed by atoms with Gasteiger partial charge in [-0.05, 0) is 48.6 Å². The molecule has 0 atom stereocenters. The number of benzene rings is 2. The summed E-state index contributed by atoms with van der Waals surface area (Å²) in [5.74, 6) is 0.994. The second-order valence-corrected chi connectivity index (χ2v) is 15.6. The van der Waals surface area contributed by atoms with E-state index in [0.29, 0.717) is 29.9 Å². The maximum atomic E-state index is 14.9. The van der Waals surface area contributed by atoms with Gasteiger partial charge in [0.1, 0.15) is 11.5 Å². The van der Waals surface area contributed by atoms with Gasteiger partial charge in [-0.3, -0.25) is 0 Å². The third-order valence-electron chi connectivity index (χ3n) is 6.68. The van der Waals surface area contributed by atoms with Gasteiger partial charge in [-0.15, -0.1) is 0 Å². The van der Waals surface area contributed by atoms with Gasteiger partial charge in [-0.2, -0.15) is 4.39 Å². The van der Waals surface area contributed by atoms with Gasteiger partial charge in [0, 0.05) is 24.9 Å². The molecule has 1 heterocycles. The van der Waals surface area contributed by atoms with Gasteiger partial charge in [-0.1, -0.05) is 77.6 Å². The average Bonchev–Trinajstić information content (AvgIpc) is 2.82. The van der Waals surface area contributed by atoms with Gasteiger partial charge in [0.15, 0.2) is 0 Å². The van der Waals surface area contributed by atoms with Crippen LogP contribution in [0.15, 0.2) is 36.4 Å². The first kappa shape index (κ1) is 26.5. The lowest BCUT2D eigenvalue weighted by Crippen LogP contribution is -2.24. The normalized spacial score (nSPS) is 11.9. The number of halogens is 1. The minimum absolute atomic E-state index is 0.463. The summed E-state index contributed by atoms with van der Waals surface area (Å²) in [6.07, 6.45) is 9.53. The number of hydrogen-bond donors (Lipinski definition) is 0. The van der Waals surface area contributed by atoms with Gasteiger partial charge in [0.25, 0.3) is 0 Å². The van der Waals surface area contributed by atoms with Gasteiger partial charge in [0.05, 0.1) is 18.7 Å². The Kier molecular flexibility index (Phi) is 10.2. The zero-order valence-corrected chi connectivity index (χ0v) is 22.6. The first-order valence-electron chi connectivity index (χ1n) is 13.2. The van der Waals surface area contributed by atoms with Crippen molar-refractivity contribution in [3.63, 3.8) is 0 Å². The molecule has 0 saturated carbocycles. The third-order valence-corrected chi connectivity index (χ3v) is 10.1. The van der Waals surface area contributed by atoms with E-state index >= 15 is 0 Å². The summed E-state index contributed by atoms with van der Waals surface area (Å²) in [4.78, 5) is 4.23. The Morgan fingerprint density at radius 1 is 0.706 bits per heavy atom. The number of aromatic nitrogens is 1. The van der Waals surface area contributed by atoms with E-state index in [2.05, 4.69) is 31.9 Å². The van der Waals surface area contributed by atoms with Crippen molar-refractivity contribution in [3.8, 4) is 11.5 Å². The van der Waals surface area contributed by atoms with E-state index in [1.54, 1.807) is 6.07 Å². The zero-order chi connectivity index (χ0) is 24.4. The topological polar surface area (TPSA) is 31.4 Å². The van der Waals surface area contributed by atoms with Gasteiger partial charge in [-0.25, -0.2) is 4.98 Å². The predicted molar refractivity (Wildman–Crippen MR) is 146 cm³/mol. The van der Waals surface area contributed by atoms with E-state index in [1.807, 2.05) is 30.3 Å². The molecule has 0 unspecified atom stereocenters. The Labute approximate surface area is 206 Å². The lowest BCUT2D eigenvalue weighted by Gasteiger charge is -2.21. The molecule has 3 aromatic rings. The Morgan fingerprint density at radius 3 is 2.03 bits per heavy atom. The molecule has 1 aromatic heterocycles. The van der Waals surface area contributed by atoms with E-state index in [1.165, 1.54) is 44.2 Å². The van der Waals surface area contributed by atoms with Crippen molar-refractivity contribution in [1.29, 1.82) is 0 Å². The van der Waals surface area contributed by atoms with Gasteiger partial charge < -0.3 is 9.47 Å². The summed E-state index contributed by atoms with van der Waals surface area (Å²) >= 11 is 0. The summed E-state index contributed by atoms with van der Waals surface area (Å²) in [7, 11) is -1.06. The van der Waals surface area contributed by atoms with Crippen LogP contribution < -0.4 is 9.47 Å². The molecule has 34 heavy (non-hydrogen) atoms. The quantitative estimate of drug-likeness (QED) is 0.0934. The molecule has 3 rings (SSSR count). The van der Waals surface area contributed by atoms with Crippen LogP contribution in [0.4, 0.5) is 4.39 Å². The van der Waals surface area contributed by atoms with Gasteiger partial charge >= 0.3 is 0 Å². The standard InChI is InChI=1S/C29H42FNO2Si/c1-5-7-9-10-17-32-23-13-15-25-26-16-14-24(22-28(26)31-29(30)27(25)21-23)33-18-11-12-20-34(3,4)19-8-6-2/h13-16,21-22H,5-12,17-20H2,1-4H3. The predicted octanol–water partition coefficient (Wildman–Crippen LogP) is 9.15. The Balaban J connectivity index is 1.59. The lowest BCUT2D eigenvalue weighted by molar-refractivity contribution is 0.305. The fraction of sp³-hybridized carbons (Fsp3) is 0.552. The minimum atomic E-state index is -1.06. The number of pyridine rings is 1. The molecule has 3 nitrogen and oxygen atoms in total. The monoisotopic (exact) mass is 483 g/mol. The van der Waals surface area contributed by atoms with Crippen LogP contribution in [-0.4, -0.2) is 26.3 Å². The SMILES string of the molecule is CCCCCCOc1ccc2c(c1)c(F)nc1cc(OCCCC[Si](C)(C)CCCC)ccc12. The second-order valence-electron chi connectivity index (χ2n) is 10.3. The minimum Gasteiger partial charge on any atom is -0.494 e. The molecule has 0 amide bonds. The van der Waals surface area contributed by atoms with Crippen molar-refractivity contribution in [3.05, 3.63) is 42.3 Å². The fourth-order valence-corrected chi connectivity index (χ4v) is 7.27. The molecular weight excluding hydrogens is 441 g/mol. The summed E-state index contributed by atoms with van der Waals surface area (Å²) in [6, 6.07) is 14.2. The summed E-state index contributed by atoms with van der Waals surface area (Å²) in [5.41, 5.74) is 0.629. The van der Waals surface area contributed by atoms with E-state index in [4.69, 9.17) is 9.47 Å². The smallest absolute Gasteiger partial charge is 0.221 e. The first-order valence-corrected chi connectivity index (χ1v) is 16.6.